The highest BCUT2D eigenvalue weighted by atomic mass is 16.6. The maximum atomic E-state index is 10.6. The lowest BCUT2D eigenvalue weighted by molar-refractivity contribution is -0.312. The highest BCUT2D eigenvalue weighted by Gasteiger charge is 2.59. The van der Waals surface area contributed by atoms with Crippen molar-refractivity contribution in [2.45, 2.75) is 54.4 Å². The molecule has 10 N–H and O–H groups in total. The molecule has 1 unspecified atom stereocenters. The van der Waals surface area contributed by atoms with E-state index >= 15 is 0 Å². The Bertz CT molecular complexity index is 367. The van der Waals surface area contributed by atoms with Crippen molar-refractivity contribution in [2.24, 2.45) is 0 Å². The molecule has 0 radical (unpaired) electrons. The molecule has 0 amide bonds. The van der Waals surface area contributed by atoms with Crippen LogP contribution in [0.5, 0.6) is 0 Å². The van der Waals surface area contributed by atoms with Crippen LogP contribution in [0.2, 0.25) is 0 Å². The molecule has 1 heterocycles. The molecule has 138 valence electrons. The van der Waals surface area contributed by atoms with Gasteiger partial charge in [0.25, 0.3) is 0 Å². The van der Waals surface area contributed by atoms with Gasteiger partial charge in [0.05, 0.1) is 19.8 Å². The van der Waals surface area contributed by atoms with E-state index in [1.807, 2.05) is 0 Å². The molecule has 11 nitrogen and oxygen atoms in total. The predicted octanol–water partition coefficient (Wildman–Crippen LogP) is -6.37. The summed E-state index contributed by atoms with van der Waals surface area (Å²) >= 11 is 0. The molecule has 1 aliphatic heterocycles. The molecule has 1 aliphatic rings. The number of aliphatic hydroxyl groups is 10. The zero-order valence-electron chi connectivity index (χ0n) is 12.1. The molecular formula is C12H24O11. The van der Waals surface area contributed by atoms with E-state index in [1.165, 1.54) is 0 Å². The summed E-state index contributed by atoms with van der Waals surface area (Å²) in [4.78, 5) is 0. The van der Waals surface area contributed by atoms with Gasteiger partial charge in [0, 0.05) is 0 Å². The lowest BCUT2D eigenvalue weighted by Crippen LogP contribution is -2.73. The topological polar surface area (TPSA) is 212 Å². The fraction of sp³-hybridized carbons (Fsp3) is 1.00. The third kappa shape index (κ3) is 3.65. The molecule has 0 aromatic rings. The fourth-order valence-corrected chi connectivity index (χ4v) is 2.59. The van der Waals surface area contributed by atoms with Crippen LogP contribution in [0.4, 0.5) is 0 Å². The molecule has 0 saturated carbocycles. The minimum absolute atomic E-state index is 0.828. The number of rotatable bonds is 7. The molecule has 1 rings (SSSR count). The van der Waals surface area contributed by atoms with Crippen LogP contribution in [0.25, 0.3) is 0 Å². The summed E-state index contributed by atoms with van der Waals surface area (Å²) in [5.41, 5.74) is -2.93. The molecule has 23 heavy (non-hydrogen) atoms. The molecule has 9 atom stereocenters. The Morgan fingerprint density at radius 2 is 1.43 bits per heavy atom. The van der Waals surface area contributed by atoms with Crippen molar-refractivity contribution in [1.82, 2.24) is 0 Å². The van der Waals surface area contributed by atoms with E-state index in [0.29, 0.717) is 0 Å². The van der Waals surface area contributed by atoms with Gasteiger partial charge in [0.15, 0.2) is 0 Å². The van der Waals surface area contributed by atoms with Crippen LogP contribution < -0.4 is 0 Å². The predicted molar refractivity (Wildman–Crippen MR) is 70.9 cm³/mol. The molecule has 0 aromatic heterocycles. The van der Waals surface area contributed by atoms with Gasteiger partial charge in [-0.3, -0.25) is 0 Å². The van der Waals surface area contributed by atoms with E-state index in [-0.39, 0.29) is 0 Å². The van der Waals surface area contributed by atoms with E-state index in [9.17, 15) is 35.7 Å². The summed E-state index contributed by atoms with van der Waals surface area (Å²) in [6.07, 6.45) is -15.6. The van der Waals surface area contributed by atoms with Crippen molar-refractivity contribution in [1.29, 1.82) is 0 Å². The second-order valence-electron chi connectivity index (χ2n) is 5.53. The largest absolute Gasteiger partial charge is 0.394 e. The lowest BCUT2D eigenvalue weighted by atomic mass is 9.76. The van der Waals surface area contributed by atoms with Crippen LogP contribution in [-0.2, 0) is 4.74 Å². The number of hydrogen-bond acceptors (Lipinski definition) is 11. The summed E-state index contributed by atoms with van der Waals surface area (Å²) in [5, 5.41) is 96.4. The Hall–Kier alpha value is -0.440. The Labute approximate surface area is 131 Å². The fourth-order valence-electron chi connectivity index (χ4n) is 2.59. The quantitative estimate of drug-likeness (QED) is 0.210. The summed E-state index contributed by atoms with van der Waals surface area (Å²) in [7, 11) is 0. The van der Waals surface area contributed by atoms with Gasteiger partial charge in [-0.05, 0) is 0 Å². The monoisotopic (exact) mass is 344 g/mol. The van der Waals surface area contributed by atoms with Crippen LogP contribution in [0.1, 0.15) is 0 Å². The minimum Gasteiger partial charge on any atom is -0.394 e. The van der Waals surface area contributed by atoms with Crippen molar-refractivity contribution in [3.05, 3.63) is 0 Å². The van der Waals surface area contributed by atoms with Gasteiger partial charge in [-0.15, -0.1) is 0 Å². The van der Waals surface area contributed by atoms with Gasteiger partial charge < -0.3 is 55.8 Å². The standard InChI is InChI=1S/C12H24O11/c13-1-4(16)10(21)12(22,6(17)3-15)11-9(20)8(19)7(18)5(2-14)23-11/h4-11,13-22H,1-3H2/t4-,5-,6+,7+,8+,9-,10-,11?,12-/m1/s1. The third-order valence-corrected chi connectivity index (χ3v) is 4.08. The van der Waals surface area contributed by atoms with E-state index in [2.05, 4.69) is 0 Å². The van der Waals surface area contributed by atoms with Crippen molar-refractivity contribution >= 4 is 0 Å². The SMILES string of the molecule is OC[C@@H](O)[C@@H](O)[C@@](O)(C1O[C@H](CO)[C@H](O)[C@H](O)[C@H]1O)[C@@H](O)CO. The number of ether oxygens (including phenoxy) is 1. The van der Waals surface area contributed by atoms with E-state index in [0.717, 1.165) is 0 Å². The number of hydrogen-bond donors (Lipinski definition) is 10. The van der Waals surface area contributed by atoms with Crippen LogP contribution in [-0.4, -0.2) is 125 Å². The second kappa shape index (κ2) is 8.09. The molecule has 1 saturated heterocycles. The Morgan fingerprint density at radius 1 is 0.870 bits per heavy atom. The van der Waals surface area contributed by atoms with Gasteiger partial charge in [0.1, 0.15) is 54.4 Å². The smallest absolute Gasteiger partial charge is 0.150 e. The first-order valence-corrected chi connectivity index (χ1v) is 6.95. The summed E-state index contributed by atoms with van der Waals surface area (Å²) in [6.45, 7) is -2.98. The van der Waals surface area contributed by atoms with Crippen LogP contribution >= 0.6 is 0 Å². The Balaban J connectivity index is 3.24. The molecule has 1 fully saturated rings. The average molecular weight is 344 g/mol. The van der Waals surface area contributed by atoms with Gasteiger partial charge in [0.2, 0.25) is 0 Å². The van der Waals surface area contributed by atoms with Crippen molar-refractivity contribution in [2.75, 3.05) is 19.8 Å². The van der Waals surface area contributed by atoms with Gasteiger partial charge in [-0.25, -0.2) is 0 Å². The second-order valence-corrected chi connectivity index (χ2v) is 5.53. The molecule has 11 heteroatoms. The van der Waals surface area contributed by atoms with E-state index < -0.39 is 74.3 Å². The summed E-state index contributed by atoms with van der Waals surface area (Å²) < 4.78 is 5.05. The minimum atomic E-state index is -2.93. The Kier molecular flexibility index (Phi) is 7.25. The van der Waals surface area contributed by atoms with Crippen LogP contribution in [0.15, 0.2) is 0 Å². The zero-order chi connectivity index (χ0) is 17.9. The van der Waals surface area contributed by atoms with Crippen LogP contribution in [0.3, 0.4) is 0 Å². The first kappa shape index (κ1) is 20.6. The Morgan fingerprint density at radius 3 is 1.87 bits per heavy atom. The lowest BCUT2D eigenvalue weighted by Gasteiger charge is -2.50. The first-order valence-electron chi connectivity index (χ1n) is 6.95. The zero-order valence-corrected chi connectivity index (χ0v) is 12.1. The normalized spacial score (nSPS) is 38.6. The highest BCUT2D eigenvalue weighted by Crippen LogP contribution is 2.34. The van der Waals surface area contributed by atoms with Gasteiger partial charge in [-0.1, -0.05) is 0 Å². The van der Waals surface area contributed by atoms with Gasteiger partial charge in [-0.2, -0.15) is 0 Å². The van der Waals surface area contributed by atoms with Crippen molar-refractivity contribution < 1.29 is 55.8 Å². The number of aliphatic hydroxyl groups excluding tert-OH is 9. The van der Waals surface area contributed by atoms with E-state index in [1.54, 1.807) is 0 Å². The molecule has 0 bridgehead atoms. The molecule has 0 aromatic carbocycles. The first-order chi connectivity index (χ1) is 10.7. The molecular weight excluding hydrogens is 320 g/mol. The summed E-state index contributed by atoms with van der Waals surface area (Å²) in [6, 6.07) is 0. The van der Waals surface area contributed by atoms with Crippen LogP contribution in [0, 0.1) is 0 Å². The van der Waals surface area contributed by atoms with Crippen molar-refractivity contribution in [3.63, 3.8) is 0 Å². The van der Waals surface area contributed by atoms with E-state index in [4.69, 9.17) is 20.1 Å². The maximum Gasteiger partial charge on any atom is 0.150 e. The third-order valence-electron chi connectivity index (χ3n) is 4.08. The maximum absolute atomic E-state index is 10.6. The summed E-state index contributed by atoms with van der Waals surface area (Å²) in [5.74, 6) is 0. The van der Waals surface area contributed by atoms with Crippen molar-refractivity contribution in [3.8, 4) is 0 Å². The molecule has 0 aliphatic carbocycles. The molecule has 0 spiro atoms. The highest BCUT2D eigenvalue weighted by molar-refractivity contribution is 5.08. The average Bonchev–Trinajstić information content (AvgIpc) is 2.56. The van der Waals surface area contributed by atoms with Gasteiger partial charge >= 0.3 is 0 Å².